The lowest BCUT2D eigenvalue weighted by molar-refractivity contribution is -0.137. The molecule has 0 unspecified atom stereocenters. The van der Waals surface area contributed by atoms with Gasteiger partial charge in [-0.05, 0) is 47.5 Å². The summed E-state index contributed by atoms with van der Waals surface area (Å²) in [4.78, 5) is 0.128. The van der Waals surface area contributed by atoms with Crippen LogP contribution in [0, 0.1) is 0 Å². The number of nitrogens with zero attached hydrogens (tertiary/aromatic N) is 1. The van der Waals surface area contributed by atoms with Crippen molar-refractivity contribution in [2.45, 2.75) is 23.8 Å². The van der Waals surface area contributed by atoms with Crippen molar-refractivity contribution < 1.29 is 21.6 Å². The molecule has 0 saturated heterocycles. The molecule has 0 aromatic heterocycles. The van der Waals surface area contributed by atoms with Crippen molar-refractivity contribution in [2.24, 2.45) is 0 Å². The van der Waals surface area contributed by atoms with Gasteiger partial charge in [-0.2, -0.15) is 17.5 Å². The first kappa shape index (κ1) is 20.9. The summed E-state index contributed by atoms with van der Waals surface area (Å²) in [6, 6.07) is 18.2. The predicted octanol–water partition coefficient (Wildman–Crippen LogP) is 5.78. The van der Waals surface area contributed by atoms with Crippen LogP contribution in [0.4, 0.5) is 18.9 Å². The van der Waals surface area contributed by atoms with Gasteiger partial charge < -0.3 is 5.32 Å². The lowest BCUT2D eigenvalue weighted by Crippen LogP contribution is -2.42. The summed E-state index contributed by atoms with van der Waals surface area (Å²) in [7, 11) is -3.90. The molecule has 4 rings (SSSR count). The number of hydrogen-bond acceptors (Lipinski definition) is 3. The zero-order valence-corrected chi connectivity index (χ0v) is 17.8. The number of benzene rings is 3. The van der Waals surface area contributed by atoms with Gasteiger partial charge in [-0.3, -0.25) is 0 Å². The monoisotopic (exact) mass is 496 g/mol. The van der Waals surface area contributed by atoms with Gasteiger partial charge in [-0.15, -0.1) is 0 Å². The Hall–Kier alpha value is -2.36. The Morgan fingerprint density at radius 3 is 2.33 bits per heavy atom. The number of halogens is 4. The Morgan fingerprint density at radius 1 is 0.967 bits per heavy atom. The fourth-order valence-electron chi connectivity index (χ4n) is 3.39. The molecule has 1 heterocycles. The van der Waals surface area contributed by atoms with E-state index in [-0.39, 0.29) is 11.4 Å². The van der Waals surface area contributed by atoms with E-state index in [0.717, 1.165) is 22.2 Å². The predicted molar refractivity (Wildman–Crippen MR) is 111 cm³/mol. The zero-order valence-electron chi connectivity index (χ0n) is 15.4. The van der Waals surface area contributed by atoms with Crippen molar-refractivity contribution in [1.82, 2.24) is 4.31 Å². The summed E-state index contributed by atoms with van der Waals surface area (Å²) in [5, 5.41) is 3.17. The molecule has 4 nitrogen and oxygen atoms in total. The van der Waals surface area contributed by atoms with Crippen LogP contribution in [-0.4, -0.2) is 12.7 Å². The van der Waals surface area contributed by atoms with Crippen LogP contribution < -0.4 is 5.32 Å². The van der Waals surface area contributed by atoms with Crippen molar-refractivity contribution in [3.05, 3.63) is 94.0 Å². The Bertz CT molecular complexity index is 1180. The van der Waals surface area contributed by atoms with E-state index in [9.17, 15) is 21.6 Å². The third kappa shape index (κ3) is 3.97. The molecule has 0 saturated carbocycles. The van der Waals surface area contributed by atoms with Gasteiger partial charge in [-0.1, -0.05) is 52.3 Å². The summed E-state index contributed by atoms with van der Waals surface area (Å²) in [6.45, 7) is 0.0504. The fraction of sp³-hybridized carbons (Fsp3) is 0.143. The van der Waals surface area contributed by atoms with Crippen LogP contribution in [0.3, 0.4) is 0 Å². The minimum absolute atomic E-state index is 0.0504. The fourth-order valence-corrected chi connectivity index (χ4v) is 5.52. The molecule has 9 heteroatoms. The highest BCUT2D eigenvalue weighted by molar-refractivity contribution is 9.10. The summed E-state index contributed by atoms with van der Waals surface area (Å²) in [6.07, 6.45) is -5.32. The zero-order chi connectivity index (χ0) is 21.5. The molecular formula is C21H16BrF3N2O2S. The molecule has 1 atom stereocenters. The Labute approximate surface area is 180 Å². The topological polar surface area (TPSA) is 49.4 Å². The summed E-state index contributed by atoms with van der Waals surface area (Å²) >= 11 is 3.38. The van der Waals surface area contributed by atoms with Gasteiger partial charge in [0.15, 0.2) is 0 Å². The molecule has 3 aromatic rings. The number of hydrogen-bond donors (Lipinski definition) is 1. The summed E-state index contributed by atoms with van der Waals surface area (Å²) in [5.41, 5.74) is 0.777. The van der Waals surface area contributed by atoms with Crippen LogP contribution in [0.25, 0.3) is 0 Å². The van der Waals surface area contributed by atoms with E-state index in [2.05, 4.69) is 21.2 Å². The second-order valence-corrected chi connectivity index (χ2v) is 9.62. The third-order valence-corrected chi connectivity index (χ3v) is 7.20. The summed E-state index contributed by atoms with van der Waals surface area (Å²) in [5.74, 6) is 0. The lowest BCUT2D eigenvalue weighted by Gasteiger charge is -2.37. The molecule has 0 radical (unpaired) electrons. The second kappa shape index (κ2) is 7.72. The molecule has 0 amide bonds. The number of para-hydroxylation sites is 1. The molecule has 30 heavy (non-hydrogen) atoms. The van der Waals surface area contributed by atoms with Crippen molar-refractivity contribution in [3.63, 3.8) is 0 Å². The first-order valence-electron chi connectivity index (χ1n) is 8.95. The van der Waals surface area contributed by atoms with Crippen molar-refractivity contribution in [1.29, 1.82) is 0 Å². The maximum absolute atomic E-state index is 13.4. The molecular weight excluding hydrogens is 481 g/mol. The van der Waals surface area contributed by atoms with Crippen molar-refractivity contribution >= 4 is 31.6 Å². The minimum atomic E-state index is -4.47. The number of rotatable bonds is 3. The molecule has 0 bridgehead atoms. The maximum Gasteiger partial charge on any atom is 0.416 e. The van der Waals surface area contributed by atoms with Gasteiger partial charge in [0.05, 0.1) is 11.3 Å². The van der Waals surface area contributed by atoms with Gasteiger partial charge in [0.2, 0.25) is 10.0 Å². The van der Waals surface area contributed by atoms with Crippen LogP contribution in [0.1, 0.15) is 22.9 Å². The second-order valence-electron chi connectivity index (χ2n) is 6.84. The van der Waals surface area contributed by atoms with E-state index in [1.54, 1.807) is 36.4 Å². The highest BCUT2D eigenvalue weighted by Crippen LogP contribution is 2.40. The SMILES string of the molecule is O=S1(=O)c2ccccc2N[C@@H](c2ccc(C(F)(F)F)cc2)N1Cc1cccc(Br)c1. The number of anilines is 1. The number of nitrogens with one attached hydrogen (secondary N) is 1. The van der Waals surface area contributed by atoms with Crippen LogP contribution in [0.2, 0.25) is 0 Å². The Balaban J connectivity index is 1.80. The van der Waals surface area contributed by atoms with Crippen molar-refractivity contribution in [2.75, 3.05) is 5.32 Å². The normalized spacial score (nSPS) is 18.5. The van der Waals surface area contributed by atoms with Crippen molar-refractivity contribution in [3.8, 4) is 0 Å². The van der Waals surface area contributed by atoms with E-state index in [1.165, 1.54) is 22.5 Å². The highest BCUT2D eigenvalue weighted by atomic mass is 79.9. The number of fused-ring (bicyclic) bond motifs is 1. The van der Waals surface area contributed by atoms with Gasteiger partial charge in [0.25, 0.3) is 0 Å². The standard InChI is InChI=1S/C21H16BrF3N2O2S/c22-17-5-3-4-14(12-17)13-27-20(15-8-10-16(11-9-15)21(23,24)25)26-18-6-1-2-7-19(18)30(27,28)29/h1-12,20,26H,13H2/t20-/m1/s1. The average Bonchev–Trinajstić information content (AvgIpc) is 2.70. The van der Waals surface area contributed by atoms with Gasteiger partial charge in [0, 0.05) is 11.0 Å². The van der Waals surface area contributed by atoms with Crippen LogP contribution >= 0.6 is 15.9 Å². The average molecular weight is 497 g/mol. The van der Waals surface area contributed by atoms with E-state index in [1.807, 2.05) is 6.07 Å². The molecule has 1 N–H and O–H groups in total. The third-order valence-electron chi connectivity index (χ3n) is 4.84. The molecule has 156 valence electrons. The maximum atomic E-state index is 13.4. The van der Waals surface area contributed by atoms with Crippen LogP contribution in [0.5, 0.6) is 0 Å². The van der Waals surface area contributed by atoms with Gasteiger partial charge in [-0.25, -0.2) is 8.42 Å². The molecule has 0 aliphatic carbocycles. The van der Waals surface area contributed by atoms with Crippen LogP contribution in [-0.2, 0) is 22.7 Å². The van der Waals surface area contributed by atoms with E-state index >= 15 is 0 Å². The molecule has 0 spiro atoms. The first-order chi connectivity index (χ1) is 14.2. The van der Waals surface area contributed by atoms with Gasteiger partial charge in [0.1, 0.15) is 11.1 Å². The van der Waals surface area contributed by atoms with E-state index in [4.69, 9.17) is 0 Å². The molecule has 0 fully saturated rings. The molecule has 3 aromatic carbocycles. The van der Waals surface area contributed by atoms with Crippen LogP contribution in [0.15, 0.2) is 82.2 Å². The quantitative estimate of drug-likeness (QED) is 0.499. The Kier molecular flexibility index (Phi) is 5.37. The van der Waals surface area contributed by atoms with E-state index < -0.39 is 27.9 Å². The smallest absolute Gasteiger partial charge is 0.364 e. The molecule has 1 aliphatic heterocycles. The van der Waals surface area contributed by atoms with Gasteiger partial charge >= 0.3 is 6.18 Å². The largest absolute Gasteiger partial charge is 0.416 e. The molecule has 1 aliphatic rings. The van der Waals surface area contributed by atoms with E-state index in [0.29, 0.717) is 11.3 Å². The first-order valence-corrected chi connectivity index (χ1v) is 11.2. The Morgan fingerprint density at radius 2 is 1.67 bits per heavy atom. The summed E-state index contributed by atoms with van der Waals surface area (Å²) < 4.78 is 67.7. The highest BCUT2D eigenvalue weighted by Gasteiger charge is 2.39. The number of alkyl halides is 3. The number of sulfonamides is 1. The lowest BCUT2D eigenvalue weighted by atomic mass is 10.1. The minimum Gasteiger partial charge on any atom is -0.364 e.